The maximum Gasteiger partial charge on any atom is 0.318 e. The average Bonchev–Trinajstić information content (AvgIpc) is 2.54. The molecule has 4 heteroatoms. The van der Waals surface area contributed by atoms with Crippen molar-refractivity contribution in [1.29, 1.82) is 0 Å². The lowest BCUT2D eigenvalue weighted by Crippen LogP contribution is -2.57. The molecule has 1 aromatic rings. The van der Waals surface area contributed by atoms with Crippen LogP contribution in [0.5, 0.6) is 0 Å². The molecule has 2 fully saturated rings. The topological polar surface area (TPSA) is 35.6 Å². The number of hydrogen-bond acceptors (Lipinski definition) is 2. The minimum Gasteiger partial charge on any atom is -0.330 e. The number of nitrogens with zero attached hydrogens (tertiary/aromatic N) is 2. The summed E-state index contributed by atoms with van der Waals surface area (Å²) in [5.74, 6) is 0. The normalized spacial score (nSPS) is 30.7. The Balaban J connectivity index is 1.52. The Morgan fingerprint density at radius 3 is 2.43 bits per heavy atom. The smallest absolute Gasteiger partial charge is 0.318 e. The second-order valence-corrected chi connectivity index (χ2v) is 7.47. The number of benzene rings is 1. The SMILES string of the molecule is CN1Cc2ccccc2C(NC(=O)N2C3CCCC2CCC3)C1. The first-order valence-corrected chi connectivity index (χ1v) is 9.07. The van der Waals surface area contributed by atoms with Crippen LogP contribution in [0.3, 0.4) is 0 Å². The first-order chi connectivity index (χ1) is 11.2. The van der Waals surface area contributed by atoms with E-state index in [4.69, 9.17) is 0 Å². The zero-order valence-corrected chi connectivity index (χ0v) is 14.0. The van der Waals surface area contributed by atoms with Crippen molar-refractivity contribution in [1.82, 2.24) is 15.1 Å². The maximum absolute atomic E-state index is 13.0. The second kappa shape index (κ2) is 6.16. The van der Waals surface area contributed by atoms with Gasteiger partial charge in [0.25, 0.3) is 0 Å². The predicted molar refractivity (Wildman–Crippen MR) is 91.2 cm³/mol. The molecule has 0 spiro atoms. The minimum absolute atomic E-state index is 0.111. The number of nitrogens with one attached hydrogen (secondary N) is 1. The zero-order chi connectivity index (χ0) is 15.8. The number of likely N-dealkylation sites (N-methyl/N-ethyl adjacent to an activating group) is 1. The molecule has 124 valence electrons. The number of carbonyl (C=O) groups is 1. The van der Waals surface area contributed by atoms with Gasteiger partial charge in [-0.3, -0.25) is 4.90 Å². The summed E-state index contributed by atoms with van der Waals surface area (Å²) in [7, 11) is 2.13. The van der Waals surface area contributed by atoms with Crippen molar-refractivity contribution < 1.29 is 4.79 Å². The molecule has 2 bridgehead atoms. The van der Waals surface area contributed by atoms with Gasteiger partial charge in [-0.25, -0.2) is 4.79 Å². The molecule has 4 nitrogen and oxygen atoms in total. The maximum atomic E-state index is 13.0. The monoisotopic (exact) mass is 313 g/mol. The van der Waals surface area contributed by atoms with Crippen molar-refractivity contribution in [2.45, 2.75) is 63.2 Å². The van der Waals surface area contributed by atoms with Gasteiger partial charge in [0.1, 0.15) is 0 Å². The van der Waals surface area contributed by atoms with Gasteiger partial charge in [-0.05, 0) is 56.7 Å². The first-order valence-electron chi connectivity index (χ1n) is 9.07. The summed E-state index contributed by atoms with van der Waals surface area (Å²) in [5.41, 5.74) is 2.63. The molecule has 3 aliphatic heterocycles. The number of carbonyl (C=O) groups excluding carboxylic acids is 1. The molecule has 2 amide bonds. The van der Waals surface area contributed by atoms with Gasteiger partial charge in [0.2, 0.25) is 0 Å². The summed E-state index contributed by atoms with van der Waals surface area (Å²) >= 11 is 0. The van der Waals surface area contributed by atoms with Crippen LogP contribution >= 0.6 is 0 Å². The number of urea groups is 1. The molecule has 3 heterocycles. The highest BCUT2D eigenvalue weighted by molar-refractivity contribution is 5.76. The number of fused-ring (bicyclic) bond motifs is 3. The van der Waals surface area contributed by atoms with Gasteiger partial charge in [-0.2, -0.15) is 0 Å². The van der Waals surface area contributed by atoms with Crippen molar-refractivity contribution in [2.24, 2.45) is 0 Å². The van der Waals surface area contributed by atoms with Gasteiger partial charge in [-0.1, -0.05) is 24.3 Å². The molecule has 1 aromatic carbocycles. The fourth-order valence-corrected chi connectivity index (χ4v) is 4.78. The average molecular weight is 313 g/mol. The summed E-state index contributed by atoms with van der Waals surface area (Å²) in [6, 6.07) is 9.74. The number of rotatable bonds is 1. The summed E-state index contributed by atoms with van der Waals surface area (Å²) in [5, 5.41) is 3.35. The molecule has 23 heavy (non-hydrogen) atoms. The zero-order valence-electron chi connectivity index (χ0n) is 14.0. The lowest BCUT2D eigenvalue weighted by atomic mass is 9.85. The van der Waals surface area contributed by atoms with Crippen molar-refractivity contribution in [3.63, 3.8) is 0 Å². The van der Waals surface area contributed by atoms with Gasteiger partial charge >= 0.3 is 6.03 Å². The van der Waals surface area contributed by atoms with Crippen molar-refractivity contribution in [3.05, 3.63) is 35.4 Å². The molecule has 3 aliphatic rings. The highest BCUT2D eigenvalue weighted by atomic mass is 16.2. The highest BCUT2D eigenvalue weighted by Crippen LogP contribution is 2.34. The van der Waals surface area contributed by atoms with Crippen LogP contribution in [0.4, 0.5) is 4.79 Å². The summed E-state index contributed by atoms with van der Waals surface area (Å²) < 4.78 is 0. The van der Waals surface area contributed by atoms with E-state index in [1.54, 1.807) is 0 Å². The summed E-state index contributed by atoms with van der Waals surface area (Å²) in [6.45, 7) is 1.86. The third-order valence-corrected chi connectivity index (χ3v) is 5.83. The molecule has 1 atom stereocenters. The predicted octanol–water partition coefficient (Wildman–Crippen LogP) is 3.29. The largest absolute Gasteiger partial charge is 0.330 e. The van der Waals surface area contributed by atoms with E-state index in [9.17, 15) is 4.79 Å². The summed E-state index contributed by atoms with van der Waals surface area (Å²) in [6.07, 6.45) is 7.31. The number of amides is 2. The molecule has 2 saturated heterocycles. The molecule has 0 aliphatic carbocycles. The molecule has 0 saturated carbocycles. The fourth-order valence-electron chi connectivity index (χ4n) is 4.78. The van der Waals surface area contributed by atoms with Crippen LogP contribution < -0.4 is 5.32 Å². The highest BCUT2D eigenvalue weighted by Gasteiger charge is 2.38. The van der Waals surface area contributed by atoms with Crippen LogP contribution in [0, 0.1) is 0 Å². The van der Waals surface area contributed by atoms with Crippen molar-refractivity contribution in [2.75, 3.05) is 13.6 Å². The standard InChI is InChI=1S/C19H27N3O/c1-21-12-14-6-2-3-11-17(14)18(13-21)20-19(23)22-15-7-4-8-16(22)10-5-9-15/h2-3,6,11,15-16,18H,4-5,7-10,12-13H2,1H3,(H,20,23). The van der Waals surface area contributed by atoms with Gasteiger partial charge in [0, 0.05) is 25.2 Å². The molecule has 0 radical (unpaired) electrons. The van der Waals surface area contributed by atoms with E-state index in [2.05, 4.69) is 46.4 Å². The molecular weight excluding hydrogens is 286 g/mol. The Morgan fingerprint density at radius 2 is 1.74 bits per heavy atom. The molecule has 1 N–H and O–H groups in total. The van der Waals surface area contributed by atoms with Crippen LogP contribution in [0.2, 0.25) is 0 Å². The van der Waals surface area contributed by atoms with Gasteiger partial charge in [0.15, 0.2) is 0 Å². The van der Waals surface area contributed by atoms with Gasteiger partial charge in [0.05, 0.1) is 6.04 Å². The molecule has 1 unspecified atom stereocenters. The fraction of sp³-hybridized carbons (Fsp3) is 0.632. The second-order valence-electron chi connectivity index (χ2n) is 7.47. The van der Waals surface area contributed by atoms with Crippen LogP contribution in [-0.2, 0) is 6.54 Å². The van der Waals surface area contributed by atoms with E-state index in [0.717, 1.165) is 13.1 Å². The summed E-state index contributed by atoms with van der Waals surface area (Å²) in [4.78, 5) is 17.5. The third kappa shape index (κ3) is 2.85. The quantitative estimate of drug-likeness (QED) is 0.863. The lowest BCUT2D eigenvalue weighted by molar-refractivity contribution is 0.0679. The van der Waals surface area contributed by atoms with Crippen molar-refractivity contribution >= 4 is 6.03 Å². The molecule has 0 aromatic heterocycles. The van der Waals surface area contributed by atoms with Crippen molar-refractivity contribution in [3.8, 4) is 0 Å². The van der Waals surface area contributed by atoms with E-state index < -0.39 is 0 Å². The van der Waals surface area contributed by atoms with E-state index in [0.29, 0.717) is 12.1 Å². The Hall–Kier alpha value is -1.55. The molecular formula is C19H27N3O. The number of piperidine rings is 2. The Labute approximate surface area is 138 Å². The Bertz CT molecular complexity index is 566. The Kier molecular flexibility index (Phi) is 4.02. The minimum atomic E-state index is 0.111. The van der Waals surface area contributed by atoms with Crippen LogP contribution in [0.15, 0.2) is 24.3 Å². The van der Waals surface area contributed by atoms with Gasteiger partial charge < -0.3 is 10.2 Å². The first kappa shape index (κ1) is 15.0. The van der Waals surface area contributed by atoms with Gasteiger partial charge in [-0.15, -0.1) is 0 Å². The molecule has 4 rings (SSSR count). The van der Waals surface area contributed by atoms with E-state index in [1.807, 2.05) is 0 Å². The van der Waals surface area contributed by atoms with E-state index in [-0.39, 0.29) is 12.1 Å². The van der Waals surface area contributed by atoms with Crippen LogP contribution in [0.1, 0.15) is 55.7 Å². The van der Waals surface area contributed by atoms with Crippen LogP contribution in [0.25, 0.3) is 0 Å². The Morgan fingerprint density at radius 1 is 1.09 bits per heavy atom. The van der Waals surface area contributed by atoms with E-state index >= 15 is 0 Å². The van der Waals surface area contributed by atoms with E-state index in [1.165, 1.54) is 49.7 Å². The van der Waals surface area contributed by atoms with Crippen LogP contribution in [-0.4, -0.2) is 41.5 Å². The lowest BCUT2D eigenvalue weighted by Gasteiger charge is -2.46. The number of hydrogen-bond donors (Lipinski definition) is 1. The third-order valence-electron chi connectivity index (χ3n) is 5.83.